The van der Waals surface area contributed by atoms with Crippen LogP contribution in [-0.2, 0) is 13.5 Å². The molecule has 23 heavy (non-hydrogen) atoms. The Bertz CT molecular complexity index is 834. The number of hydrogen-bond donors (Lipinski definition) is 1. The Labute approximate surface area is 134 Å². The number of carbonyl (C=O) groups excluding carboxylic acids is 1. The molecule has 120 valence electrons. The maximum absolute atomic E-state index is 12.3. The van der Waals surface area contributed by atoms with Gasteiger partial charge in [-0.15, -0.1) is 5.10 Å². The first kappa shape index (κ1) is 15.2. The Balaban J connectivity index is 1.63. The van der Waals surface area contributed by atoms with Gasteiger partial charge in [0.1, 0.15) is 0 Å². The van der Waals surface area contributed by atoms with Crippen LogP contribution in [0.15, 0.2) is 30.6 Å². The molecule has 7 heteroatoms. The first-order valence-electron chi connectivity index (χ1n) is 7.64. The molecule has 0 spiro atoms. The highest BCUT2D eigenvalue weighted by atomic mass is 16.2. The molecule has 3 aromatic rings. The molecule has 0 saturated heterocycles. The van der Waals surface area contributed by atoms with Crippen LogP contribution in [0.2, 0.25) is 0 Å². The van der Waals surface area contributed by atoms with Crippen LogP contribution in [0.25, 0.3) is 5.78 Å². The first-order chi connectivity index (χ1) is 11.0. The zero-order chi connectivity index (χ0) is 16.4. The molecule has 1 amide bonds. The summed E-state index contributed by atoms with van der Waals surface area (Å²) in [5.74, 6) is 0.318. The third-order valence-corrected chi connectivity index (χ3v) is 3.90. The third kappa shape index (κ3) is 3.23. The summed E-state index contributed by atoms with van der Waals surface area (Å²) in [5, 5.41) is 7.16. The van der Waals surface area contributed by atoms with Crippen molar-refractivity contribution in [2.24, 2.45) is 7.05 Å². The lowest BCUT2D eigenvalue weighted by Crippen LogP contribution is -2.33. The summed E-state index contributed by atoms with van der Waals surface area (Å²) in [5.41, 5.74) is 2.13. The van der Waals surface area contributed by atoms with Gasteiger partial charge in [-0.2, -0.15) is 4.98 Å². The molecular formula is C16H20N6O. The van der Waals surface area contributed by atoms with E-state index < -0.39 is 0 Å². The molecule has 0 bridgehead atoms. The van der Waals surface area contributed by atoms with E-state index in [4.69, 9.17) is 0 Å². The minimum absolute atomic E-state index is 0.0399. The highest BCUT2D eigenvalue weighted by Gasteiger charge is 2.16. The first-order valence-corrected chi connectivity index (χ1v) is 7.64. The molecule has 1 N–H and O–H groups in total. The zero-order valence-corrected chi connectivity index (χ0v) is 13.5. The number of fused-ring (bicyclic) bond motifs is 1. The van der Waals surface area contributed by atoms with Crippen LogP contribution in [-0.4, -0.2) is 36.1 Å². The fourth-order valence-corrected chi connectivity index (χ4v) is 2.48. The summed E-state index contributed by atoms with van der Waals surface area (Å²) in [4.78, 5) is 20.6. The number of amides is 1. The number of nitrogens with one attached hydrogen (secondary N) is 1. The van der Waals surface area contributed by atoms with Crippen molar-refractivity contribution in [2.45, 2.75) is 32.7 Å². The molecule has 0 aliphatic heterocycles. The van der Waals surface area contributed by atoms with Crippen molar-refractivity contribution >= 4 is 11.7 Å². The summed E-state index contributed by atoms with van der Waals surface area (Å²) >= 11 is 0. The number of carbonyl (C=O) groups is 1. The van der Waals surface area contributed by atoms with Crippen molar-refractivity contribution < 1.29 is 4.79 Å². The van der Waals surface area contributed by atoms with E-state index in [0.717, 1.165) is 18.5 Å². The molecular weight excluding hydrogens is 292 g/mol. The highest BCUT2D eigenvalue weighted by Crippen LogP contribution is 2.07. The molecule has 1 atom stereocenters. The molecule has 3 rings (SSSR count). The average molecular weight is 312 g/mol. The van der Waals surface area contributed by atoms with Gasteiger partial charge in [-0.1, -0.05) is 0 Å². The van der Waals surface area contributed by atoms with Gasteiger partial charge in [-0.25, -0.2) is 9.50 Å². The van der Waals surface area contributed by atoms with Crippen LogP contribution >= 0.6 is 0 Å². The van der Waals surface area contributed by atoms with Gasteiger partial charge < -0.3 is 9.88 Å². The Morgan fingerprint density at radius 2 is 2.22 bits per heavy atom. The summed E-state index contributed by atoms with van der Waals surface area (Å²) in [6.45, 7) is 3.88. The Hall–Kier alpha value is -2.70. The van der Waals surface area contributed by atoms with E-state index in [1.165, 1.54) is 5.69 Å². The van der Waals surface area contributed by atoms with Crippen LogP contribution in [0.1, 0.15) is 35.4 Å². The van der Waals surface area contributed by atoms with E-state index in [1.54, 1.807) is 10.7 Å². The third-order valence-electron chi connectivity index (χ3n) is 3.90. The number of nitrogens with zero attached hydrogens (tertiary/aromatic N) is 5. The van der Waals surface area contributed by atoms with Gasteiger partial charge in [-0.3, -0.25) is 4.79 Å². The highest BCUT2D eigenvalue weighted by molar-refractivity contribution is 5.91. The largest absolute Gasteiger partial charge is 0.354 e. The van der Waals surface area contributed by atoms with Gasteiger partial charge in [0.05, 0.1) is 0 Å². The topological polar surface area (TPSA) is 77.1 Å². The van der Waals surface area contributed by atoms with E-state index in [9.17, 15) is 4.79 Å². The fraction of sp³-hybridized carbons (Fsp3) is 0.375. The predicted octanol–water partition coefficient (Wildman–Crippen LogP) is 1.52. The second kappa shape index (κ2) is 6.20. The van der Waals surface area contributed by atoms with Crippen molar-refractivity contribution in [2.75, 3.05) is 0 Å². The molecule has 0 aliphatic rings. The minimum atomic E-state index is -0.269. The summed E-state index contributed by atoms with van der Waals surface area (Å²) in [6.07, 6.45) is 5.44. The lowest BCUT2D eigenvalue weighted by atomic mass is 10.1. The SMILES string of the molecule is Cc1ccnc2nc(C(=O)NC(C)CCc3cccn3C)nn12. The Morgan fingerprint density at radius 1 is 1.39 bits per heavy atom. The number of aryl methyl sites for hydroxylation is 3. The summed E-state index contributed by atoms with van der Waals surface area (Å²) in [6, 6.07) is 5.98. The second-order valence-corrected chi connectivity index (χ2v) is 5.76. The number of aromatic nitrogens is 5. The zero-order valence-electron chi connectivity index (χ0n) is 13.5. The molecule has 0 aliphatic carbocycles. The van der Waals surface area contributed by atoms with Gasteiger partial charge in [0.2, 0.25) is 5.82 Å². The Morgan fingerprint density at radius 3 is 2.91 bits per heavy atom. The lowest BCUT2D eigenvalue weighted by Gasteiger charge is -2.12. The lowest BCUT2D eigenvalue weighted by molar-refractivity contribution is 0.0928. The maximum Gasteiger partial charge on any atom is 0.291 e. The van der Waals surface area contributed by atoms with Crippen LogP contribution < -0.4 is 5.32 Å². The molecule has 7 nitrogen and oxygen atoms in total. The van der Waals surface area contributed by atoms with Gasteiger partial charge in [0.15, 0.2) is 0 Å². The molecule has 3 aromatic heterocycles. The molecule has 0 radical (unpaired) electrons. The molecule has 0 aromatic carbocycles. The molecule has 0 fully saturated rings. The van der Waals surface area contributed by atoms with Gasteiger partial charge >= 0.3 is 0 Å². The van der Waals surface area contributed by atoms with E-state index in [0.29, 0.717) is 5.78 Å². The fourth-order valence-electron chi connectivity index (χ4n) is 2.48. The van der Waals surface area contributed by atoms with Crippen LogP contribution in [0.4, 0.5) is 0 Å². The normalized spacial score (nSPS) is 12.5. The second-order valence-electron chi connectivity index (χ2n) is 5.76. The monoisotopic (exact) mass is 312 g/mol. The van der Waals surface area contributed by atoms with Crippen molar-refractivity contribution in [3.63, 3.8) is 0 Å². The molecule has 0 saturated carbocycles. The van der Waals surface area contributed by atoms with Crippen molar-refractivity contribution in [1.29, 1.82) is 0 Å². The average Bonchev–Trinajstić information content (AvgIpc) is 3.12. The summed E-state index contributed by atoms with van der Waals surface area (Å²) < 4.78 is 3.66. The number of hydrogen-bond acceptors (Lipinski definition) is 4. The Kier molecular flexibility index (Phi) is 4.10. The van der Waals surface area contributed by atoms with Crippen molar-refractivity contribution in [3.05, 3.63) is 47.8 Å². The van der Waals surface area contributed by atoms with E-state index in [2.05, 4.69) is 31.0 Å². The molecule has 3 heterocycles. The van der Waals surface area contributed by atoms with Gasteiger partial charge in [0, 0.05) is 36.9 Å². The van der Waals surface area contributed by atoms with Gasteiger partial charge in [-0.05, 0) is 44.9 Å². The van der Waals surface area contributed by atoms with Gasteiger partial charge in [0.25, 0.3) is 11.7 Å². The standard InChI is InChI=1S/C16H20N6O/c1-11(6-7-13-5-4-10-21(13)3)18-15(23)14-19-16-17-9-8-12(2)22(16)20-14/h4-5,8-11H,6-7H2,1-3H3,(H,18,23). The van der Waals surface area contributed by atoms with E-state index in [1.807, 2.05) is 39.2 Å². The summed E-state index contributed by atoms with van der Waals surface area (Å²) in [7, 11) is 2.02. The van der Waals surface area contributed by atoms with Crippen molar-refractivity contribution in [1.82, 2.24) is 29.5 Å². The van der Waals surface area contributed by atoms with E-state index >= 15 is 0 Å². The minimum Gasteiger partial charge on any atom is -0.354 e. The number of rotatable bonds is 5. The maximum atomic E-state index is 12.3. The van der Waals surface area contributed by atoms with Crippen LogP contribution in [0.3, 0.4) is 0 Å². The smallest absolute Gasteiger partial charge is 0.291 e. The van der Waals surface area contributed by atoms with Crippen molar-refractivity contribution in [3.8, 4) is 0 Å². The van der Waals surface area contributed by atoms with Crippen LogP contribution in [0.5, 0.6) is 0 Å². The molecule has 1 unspecified atom stereocenters. The van der Waals surface area contributed by atoms with E-state index in [-0.39, 0.29) is 17.8 Å². The predicted molar refractivity (Wildman–Crippen MR) is 86.2 cm³/mol. The quantitative estimate of drug-likeness (QED) is 0.775. The van der Waals surface area contributed by atoms with Crippen LogP contribution in [0, 0.1) is 6.92 Å².